The third-order valence-electron chi connectivity index (χ3n) is 22.9. The number of fused-ring (bicyclic) bond motifs is 8. The van der Waals surface area contributed by atoms with Crippen molar-refractivity contribution in [2.75, 3.05) is 24.7 Å². The molecule has 4 atom stereocenters. The van der Waals surface area contributed by atoms with Gasteiger partial charge in [-0.15, -0.1) is 0 Å². The number of nitrogens with one attached hydrogen (secondary N) is 4. The molecule has 8 heterocycles. The lowest BCUT2D eigenvalue weighted by Gasteiger charge is -2.30. The number of nitrogens with zero attached hydrogens (tertiary/aromatic N) is 12. The molecule has 0 saturated carbocycles. The zero-order valence-electron chi connectivity index (χ0n) is 73.4. The van der Waals surface area contributed by atoms with Crippen LogP contribution in [0.4, 0.5) is 17.2 Å². The third kappa shape index (κ3) is 21.7. The number of benzene rings is 8. The molecule has 7 aliphatic heterocycles. The Morgan fingerprint density at radius 1 is 0.440 bits per heavy atom. The summed E-state index contributed by atoms with van der Waals surface area (Å²) in [5, 5.41) is 1.09. The molecular formula is C99H109ClN16O9. The molecule has 7 aliphatic rings. The Bertz CT molecular complexity index is 6820. The fourth-order valence-electron chi connectivity index (χ4n) is 15.9. The molecule has 4 N–H and O–H groups in total. The van der Waals surface area contributed by atoms with Crippen LogP contribution >= 0.6 is 11.6 Å². The molecule has 0 spiro atoms. The van der Waals surface area contributed by atoms with Gasteiger partial charge in [-0.1, -0.05) is 199 Å². The molecule has 646 valence electrons. The van der Waals surface area contributed by atoms with Crippen LogP contribution in [0.5, 0.6) is 0 Å². The largest absolute Gasteiger partial charge is 0.376 e. The van der Waals surface area contributed by atoms with Gasteiger partial charge in [-0.2, -0.15) is 15.0 Å². The number of hydrogen-bond donors (Lipinski definition) is 4. The highest BCUT2D eigenvalue weighted by Gasteiger charge is 2.28. The molecule has 26 heteroatoms. The average molecular weight is 1700 g/mol. The Morgan fingerprint density at radius 3 is 1.39 bits per heavy atom. The Balaban J connectivity index is 0.000000143. The number of H-pyrrole nitrogens is 4. The summed E-state index contributed by atoms with van der Waals surface area (Å²) < 4.78 is 17.9. The molecule has 25 nitrogen and oxygen atoms in total. The van der Waals surface area contributed by atoms with Crippen molar-refractivity contribution in [3.63, 3.8) is 0 Å². The molecule has 8 aromatic carbocycles. The van der Waals surface area contributed by atoms with Crippen LogP contribution in [0, 0.1) is 27.7 Å². The van der Waals surface area contributed by atoms with Crippen molar-refractivity contribution < 1.29 is 9.47 Å². The Hall–Kier alpha value is -12.8. The molecule has 0 fully saturated rings. The number of halogens is 1. The molecule has 0 radical (unpaired) electrons. The molecule has 9 aromatic rings. The van der Waals surface area contributed by atoms with Gasteiger partial charge in [0.05, 0.1) is 69.8 Å². The van der Waals surface area contributed by atoms with Crippen LogP contribution in [-0.4, -0.2) is 100 Å². The van der Waals surface area contributed by atoms with E-state index in [1.165, 1.54) is 44.5 Å². The fourth-order valence-corrected chi connectivity index (χ4v) is 16.0. The summed E-state index contributed by atoms with van der Waals surface area (Å²) in [6, 6.07) is 55.8. The third-order valence-corrected chi connectivity index (χ3v) is 23.2. The molecule has 0 bridgehead atoms. The number of anilines is 2. The maximum absolute atomic E-state index is 12.6. The summed E-state index contributed by atoms with van der Waals surface area (Å²) in [6.07, 6.45) is 8.74. The summed E-state index contributed by atoms with van der Waals surface area (Å²) in [5.41, 5.74) is 18.0. The Kier molecular flexibility index (Phi) is 29.2. The van der Waals surface area contributed by atoms with Crippen molar-refractivity contribution in [2.24, 2.45) is 4.99 Å². The second-order valence-corrected chi connectivity index (χ2v) is 33.1. The van der Waals surface area contributed by atoms with Gasteiger partial charge in [-0.25, -0.2) is 39.3 Å². The van der Waals surface area contributed by atoms with E-state index in [1.54, 1.807) is 0 Å². The zero-order chi connectivity index (χ0) is 88.9. The van der Waals surface area contributed by atoms with Gasteiger partial charge in [0, 0.05) is 44.2 Å². The van der Waals surface area contributed by atoms with Crippen LogP contribution in [0.3, 0.4) is 0 Å². The van der Waals surface area contributed by atoms with Gasteiger partial charge in [0.2, 0.25) is 0 Å². The van der Waals surface area contributed by atoms with Crippen LogP contribution in [0.25, 0.3) is 74.2 Å². The predicted octanol–water partition coefficient (Wildman–Crippen LogP) is 15.9. The number of aromatic nitrogens is 14. The van der Waals surface area contributed by atoms with Crippen molar-refractivity contribution in [1.29, 1.82) is 0 Å². The smallest absolute Gasteiger partial charge is 0.349 e. The van der Waals surface area contributed by atoms with E-state index in [9.17, 15) is 33.6 Å². The SMILES string of the molecule is C=c1nc2c(c(=O)[nH]1)=Nc1cc(CCC)c(C)cc1N2CCC(C)c1ccc(Cl)cc1.CCC(C)c1ccc2c(c1)nc1c(=O)[nH]c(=O)nc-1n2CCCc1ccc(C)cc1.CCCc1ccc2c(c1)nc1c(=O)[nH]c(=O)nc-1n2CC(Cc1ccc(C)cc1)OCC.CCOC(Cc1ccc(C)cc1)Cn1c2nc(=O)[nH]c(=O)c-2nc2cc(C(C)C)ccc21. The quantitative estimate of drug-likeness (QED) is 0.0348. The first-order valence-corrected chi connectivity index (χ1v) is 43.6. The maximum atomic E-state index is 12.6. The summed E-state index contributed by atoms with van der Waals surface area (Å²) in [4.78, 5) is 133. The monoisotopic (exact) mass is 1700 g/mol. The van der Waals surface area contributed by atoms with Gasteiger partial charge in [-0.3, -0.25) is 34.1 Å². The maximum Gasteiger partial charge on any atom is 0.349 e. The summed E-state index contributed by atoms with van der Waals surface area (Å²) in [7, 11) is 0. The molecule has 16 rings (SSSR count). The fraction of sp³-hybridized carbons (Fsp3) is 0.343. The van der Waals surface area contributed by atoms with Gasteiger partial charge in [0.1, 0.15) is 5.48 Å². The second-order valence-electron chi connectivity index (χ2n) is 32.7. The number of hydrogen-bond acceptors (Lipinski definition) is 18. The topological polar surface area (TPSA) is 322 Å². The van der Waals surface area contributed by atoms with E-state index in [1.807, 2.05) is 76.1 Å². The van der Waals surface area contributed by atoms with Crippen LogP contribution < -0.4 is 55.0 Å². The summed E-state index contributed by atoms with van der Waals surface area (Å²) >= 11 is 6.04. The molecule has 1 aromatic heterocycles. The first kappa shape index (κ1) is 89.9. The van der Waals surface area contributed by atoms with Gasteiger partial charge in [0.15, 0.2) is 45.7 Å². The molecule has 0 amide bonds. The lowest BCUT2D eigenvalue weighted by molar-refractivity contribution is 0.0515. The summed E-state index contributed by atoms with van der Waals surface area (Å²) in [5.74, 6) is 2.53. The van der Waals surface area contributed by atoms with Gasteiger partial charge >= 0.3 is 17.1 Å². The molecule has 4 unspecified atom stereocenters. The molecule has 0 saturated heterocycles. The van der Waals surface area contributed by atoms with Crippen LogP contribution in [-0.2, 0) is 61.2 Å². The molecule has 0 aliphatic carbocycles. The van der Waals surface area contributed by atoms with Gasteiger partial charge in [0.25, 0.3) is 22.2 Å². The van der Waals surface area contributed by atoms with E-state index < -0.39 is 33.7 Å². The lowest BCUT2D eigenvalue weighted by atomic mass is 9.97. The minimum atomic E-state index is -0.678. The minimum absolute atomic E-state index is 0.156. The number of ether oxygens (including phenoxy) is 2. The number of aromatic amines is 4. The van der Waals surface area contributed by atoms with Crippen LogP contribution in [0.15, 0.2) is 202 Å². The number of rotatable bonds is 27. The first-order chi connectivity index (χ1) is 60.2. The van der Waals surface area contributed by atoms with Crippen molar-refractivity contribution in [3.05, 3.63) is 319 Å². The molecular weight excluding hydrogens is 1590 g/mol. The highest BCUT2D eigenvalue weighted by molar-refractivity contribution is 6.30. The minimum Gasteiger partial charge on any atom is -0.376 e. The van der Waals surface area contributed by atoms with E-state index >= 15 is 0 Å². The number of aryl methyl sites for hydroxylation is 8. The zero-order valence-corrected chi connectivity index (χ0v) is 74.2. The van der Waals surface area contributed by atoms with Crippen molar-refractivity contribution >= 4 is 68.5 Å². The summed E-state index contributed by atoms with van der Waals surface area (Å²) in [6.45, 7) is 34.5. The van der Waals surface area contributed by atoms with E-state index in [4.69, 9.17) is 21.1 Å². The van der Waals surface area contributed by atoms with Crippen molar-refractivity contribution in [3.8, 4) is 34.6 Å². The van der Waals surface area contributed by atoms with Crippen molar-refractivity contribution in [1.82, 2.24) is 68.5 Å². The predicted molar refractivity (Wildman–Crippen MR) is 497 cm³/mol. The van der Waals surface area contributed by atoms with E-state index in [0.29, 0.717) is 104 Å². The van der Waals surface area contributed by atoms with Crippen LogP contribution in [0.1, 0.15) is 179 Å². The Labute approximate surface area is 729 Å². The van der Waals surface area contributed by atoms with Crippen LogP contribution in [0.2, 0.25) is 5.02 Å². The van der Waals surface area contributed by atoms with Gasteiger partial charge in [-0.05, 0) is 209 Å². The molecule has 125 heavy (non-hydrogen) atoms. The van der Waals surface area contributed by atoms with Crippen molar-refractivity contribution in [2.45, 2.75) is 204 Å². The van der Waals surface area contributed by atoms with E-state index in [2.05, 4.69) is 263 Å². The standard InChI is InChI=1S/C25H27ClN4O.2C25H28N4O3.C24H26N4O2/c1-5-6-19-14-21-22(13-16(19)3)30(24-23(29-21)25(31)28-17(4)27-24)12-11-15(2)18-7-9-20(26)10-8-18;1-5-32-19(12-17-8-6-16(4)7-9-17)14-29-21-11-10-18(15(2)3)13-20(21)26-22-23(29)27-25(31)28-24(22)30;1-4-6-17-11-12-21-20(14-17)26-22-23(27-25(31)28-24(22)30)29(21)15-19(32-5-2)13-18-9-7-16(3)8-10-18;1-4-16(3)18-11-12-20-19(14-18)25-21-22(26-24(30)27-23(21)29)28(20)13-5-6-17-9-7-15(2)8-10-17/h7-10,13-15H,4-6,11-12H2,1-3H3,(H,28,31);6-11,13,15,19H,5,12,14H2,1-4H3,(H,28,30,31);7-12,14,19H,4-6,13,15H2,1-3H3,(H,28,30,31);7-12,14,16H,4-6,13H2,1-3H3,(H,27,29,30). The highest BCUT2D eigenvalue weighted by atomic mass is 35.5. The van der Waals surface area contributed by atoms with Gasteiger partial charge < -0.3 is 33.1 Å². The second kappa shape index (κ2) is 40.7. The van der Waals surface area contributed by atoms with E-state index in [-0.39, 0.29) is 46.5 Å². The lowest BCUT2D eigenvalue weighted by Crippen LogP contribution is -2.42. The first-order valence-electron chi connectivity index (χ1n) is 43.2. The highest BCUT2D eigenvalue weighted by Crippen LogP contribution is 2.39. The van der Waals surface area contributed by atoms with E-state index in [0.717, 1.165) is 112 Å². The Morgan fingerprint density at radius 2 is 0.896 bits per heavy atom. The average Bonchev–Trinajstić information content (AvgIpc) is 0.770. The normalized spacial score (nSPS) is 12.7.